The van der Waals surface area contributed by atoms with Gasteiger partial charge in [-0.1, -0.05) is 18.6 Å². The predicted octanol–water partition coefficient (Wildman–Crippen LogP) is -0.839. The van der Waals surface area contributed by atoms with Crippen LogP contribution in [0, 0.1) is 5.92 Å². The molecule has 1 rings (SSSR count). The van der Waals surface area contributed by atoms with Crippen LogP contribution in [0.3, 0.4) is 0 Å². The minimum Gasteiger partial charge on any atom is -0.394 e. The standard InChI is InChI=1S/C17H34N2O2/c1-16(2)5-4-6-17(3)15-19-9-7-18(8-10-19)11-13-21-14-12-20/h5,17,20H,4,6-15H2,1-3H3/p+2/t17-/m1/s1. The van der Waals surface area contributed by atoms with Crippen LogP contribution in [-0.2, 0) is 4.74 Å². The third-order valence-electron chi connectivity index (χ3n) is 4.35. The van der Waals surface area contributed by atoms with Crippen molar-refractivity contribution in [3.63, 3.8) is 0 Å². The lowest BCUT2D eigenvalue weighted by Gasteiger charge is -2.31. The Kier molecular flexibility index (Phi) is 9.92. The topological polar surface area (TPSA) is 38.3 Å². The summed E-state index contributed by atoms with van der Waals surface area (Å²) >= 11 is 0. The molecule has 1 aliphatic rings. The van der Waals surface area contributed by atoms with Gasteiger partial charge >= 0.3 is 0 Å². The molecule has 1 fully saturated rings. The molecule has 0 unspecified atom stereocenters. The van der Waals surface area contributed by atoms with Crippen molar-refractivity contribution in [1.29, 1.82) is 0 Å². The maximum absolute atomic E-state index is 8.67. The van der Waals surface area contributed by atoms with Gasteiger partial charge in [-0.25, -0.2) is 0 Å². The number of aliphatic hydroxyl groups excluding tert-OH is 1. The van der Waals surface area contributed by atoms with Gasteiger partial charge in [-0.2, -0.15) is 0 Å². The minimum absolute atomic E-state index is 0.137. The first-order chi connectivity index (χ1) is 10.1. The number of aliphatic hydroxyl groups is 1. The smallest absolute Gasteiger partial charge is 0.127 e. The second kappa shape index (κ2) is 11.2. The molecule has 0 bridgehead atoms. The Labute approximate surface area is 130 Å². The van der Waals surface area contributed by atoms with Crippen LogP contribution in [0.4, 0.5) is 0 Å². The first-order valence-corrected chi connectivity index (χ1v) is 8.61. The van der Waals surface area contributed by atoms with E-state index in [1.807, 2.05) is 0 Å². The molecule has 1 saturated heterocycles. The molecule has 0 aromatic rings. The normalized spacial score (nSPS) is 23.8. The lowest BCUT2D eigenvalue weighted by atomic mass is 10.0. The van der Waals surface area contributed by atoms with Gasteiger partial charge in [-0.05, 0) is 26.7 Å². The lowest BCUT2D eigenvalue weighted by molar-refractivity contribution is -1.01. The van der Waals surface area contributed by atoms with E-state index in [1.54, 1.807) is 9.80 Å². The van der Waals surface area contributed by atoms with Crippen LogP contribution < -0.4 is 9.80 Å². The molecule has 124 valence electrons. The second-order valence-electron chi connectivity index (χ2n) is 6.75. The fraction of sp³-hybridized carbons (Fsp3) is 0.882. The summed E-state index contributed by atoms with van der Waals surface area (Å²) < 4.78 is 5.36. The molecule has 1 heterocycles. The zero-order valence-corrected chi connectivity index (χ0v) is 14.3. The van der Waals surface area contributed by atoms with Crippen LogP contribution in [0.25, 0.3) is 0 Å². The van der Waals surface area contributed by atoms with E-state index in [0.29, 0.717) is 6.61 Å². The van der Waals surface area contributed by atoms with Gasteiger partial charge in [0, 0.05) is 5.92 Å². The van der Waals surface area contributed by atoms with Crippen LogP contribution in [0.2, 0.25) is 0 Å². The zero-order valence-electron chi connectivity index (χ0n) is 14.3. The van der Waals surface area contributed by atoms with Gasteiger partial charge in [-0.3, -0.25) is 0 Å². The summed E-state index contributed by atoms with van der Waals surface area (Å²) in [5.74, 6) is 0.824. The highest BCUT2D eigenvalue weighted by Crippen LogP contribution is 2.05. The molecule has 0 radical (unpaired) electrons. The van der Waals surface area contributed by atoms with Crippen molar-refractivity contribution in [2.45, 2.75) is 33.6 Å². The van der Waals surface area contributed by atoms with Crippen LogP contribution >= 0.6 is 0 Å². The summed E-state index contributed by atoms with van der Waals surface area (Å²) in [6.45, 7) is 15.7. The summed E-state index contributed by atoms with van der Waals surface area (Å²) in [6, 6.07) is 0. The molecule has 0 saturated carbocycles. The van der Waals surface area contributed by atoms with Crippen molar-refractivity contribution >= 4 is 0 Å². The van der Waals surface area contributed by atoms with Crippen molar-refractivity contribution in [3.05, 3.63) is 11.6 Å². The third-order valence-corrected chi connectivity index (χ3v) is 4.35. The SMILES string of the molecule is CC(C)=CCC[C@@H](C)C[NH+]1CC[NH+](CCOCCO)CC1. The van der Waals surface area contributed by atoms with E-state index in [2.05, 4.69) is 26.8 Å². The Hall–Kier alpha value is -0.420. The van der Waals surface area contributed by atoms with Crippen molar-refractivity contribution in [3.8, 4) is 0 Å². The molecule has 0 aromatic carbocycles. The maximum Gasteiger partial charge on any atom is 0.127 e. The van der Waals surface area contributed by atoms with E-state index < -0.39 is 0 Å². The molecule has 0 aliphatic carbocycles. The highest BCUT2D eigenvalue weighted by molar-refractivity contribution is 4.92. The Morgan fingerprint density at radius 2 is 1.81 bits per heavy atom. The molecule has 21 heavy (non-hydrogen) atoms. The number of hydrogen-bond donors (Lipinski definition) is 3. The Morgan fingerprint density at radius 3 is 2.43 bits per heavy atom. The molecule has 3 N–H and O–H groups in total. The van der Waals surface area contributed by atoms with Gasteiger partial charge in [0.05, 0.1) is 26.4 Å². The van der Waals surface area contributed by atoms with Crippen molar-refractivity contribution in [2.75, 3.05) is 59.1 Å². The Morgan fingerprint density at radius 1 is 1.14 bits per heavy atom. The molecular formula is C17H36N2O2+2. The van der Waals surface area contributed by atoms with E-state index in [0.717, 1.165) is 19.1 Å². The van der Waals surface area contributed by atoms with Gasteiger partial charge < -0.3 is 19.6 Å². The van der Waals surface area contributed by atoms with Crippen LogP contribution in [0.5, 0.6) is 0 Å². The fourth-order valence-corrected chi connectivity index (χ4v) is 3.05. The molecular weight excluding hydrogens is 264 g/mol. The number of hydrogen-bond acceptors (Lipinski definition) is 2. The lowest BCUT2D eigenvalue weighted by Crippen LogP contribution is -3.28. The highest BCUT2D eigenvalue weighted by atomic mass is 16.5. The summed E-state index contributed by atoms with van der Waals surface area (Å²) in [6.07, 6.45) is 4.91. The average molecular weight is 300 g/mol. The van der Waals surface area contributed by atoms with Gasteiger partial charge in [-0.15, -0.1) is 0 Å². The number of piperazine rings is 1. The largest absolute Gasteiger partial charge is 0.394 e. The van der Waals surface area contributed by atoms with Crippen molar-refractivity contribution in [1.82, 2.24) is 0 Å². The van der Waals surface area contributed by atoms with Crippen molar-refractivity contribution < 1.29 is 19.6 Å². The quantitative estimate of drug-likeness (QED) is 0.364. The summed E-state index contributed by atoms with van der Waals surface area (Å²) in [4.78, 5) is 3.44. The van der Waals surface area contributed by atoms with Crippen LogP contribution in [0.1, 0.15) is 33.6 Å². The summed E-state index contributed by atoms with van der Waals surface area (Å²) in [5, 5.41) is 8.67. The molecule has 0 amide bonds. The third kappa shape index (κ3) is 9.25. The molecule has 4 heteroatoms. The molecule has 1 atom stereocenters. The highest BCUT2D eigenvalue weighted by Gasteiger charge is 2.23. The Bertz CT molecular complexity index is 283. The number of ether oxygens (including phenoxy) is 1. The first-order valence-electron chi connectivity index (χ1n) is 8.61. The molecule has 1 aliphatic heterocycles. The number of quaternary nitrogens is 2. The van der Waals surface area contributed by atoms with E-state index in [4.69, 9.17) is 9.84 Å². The zero-order chi connectivity index (χ0) is 15.5. The van der Waals surface area contributed by atoms with Crippen molar-refractivity contribution in [2.24, 2.45) is 5.92 Å². The minimum atomic E-state index is 0.137. The Balaban J connectivity index is 2.08. The van der Waals surface area contributed by atoms with Gasteiger partial charge in [0.15, 0.2) is 0 Å². The van der Waals surface area contributed by atoms with E-state index in [1.165, 1.54) is 51.1 Å². The second-order valence-corrected chi connectivity index (χ2v) is 6.75. The molecule has 4 nitrogen and oxygen atoms in total. The molecule has 0 spiro atoms. The van der Waals surface area contributed by atoms with Crippen LogP contribution in [-0.4, -0.2) is 64.2 Å². The van der Waals surface area contributed by atoms with Gasteiger partial charge in [0.2, 0.25) is 0 Å². The van der Waals surface area contributed by atoms with Gasteiger partial charge in [0.1, 0.15) is 32.7 Å². The first kappa shape index (κ1) is 18.6. The average Bonchev–Trinajstić information content (AvgIpc) is 2.45. The number of rotatable bonds is 10. The van der Waals surface area contributed by atoms with Crippen LogP contribution in [0.15, 0.2) is 11.6 Å². The van der Waals surface area contributed by atoms with E-state index >= 15 is 0 Å². The summed E-state index contributed by atoms with van der Waals surface area (Å²) in [7, 11) is 0. The number of allylic oxidation sites excluding steroid dienone is 2. The molecule has 0 aromatic heterocycles. The van der Waals surface area contributed by atoms with E-state index in [9.17, 15) is 0 Å². The summed E-state index contributed by atoms with van der Waals surface area (Å²) in [5.41, 5.74) is 1.44. The fourth-order valence-electron chi connectivity index (χ4n) is 3.05. The predicted molar refractivity (Wildman–Crippen MR) is 86.9 cm³/mol. The van der Waals surface area contributed by atoms with E-state index in [-0.39, 0.29) is 6.61 Å². The maximum atomic E-state index is 8.67. The van der Waals surface area contributed by atoms with Gasteiger partial charge in [0.25, 0.3) is 0 Å². The monoisotopic (exact) mass is 300 g/mol. The number of nitrogens with one attached hydrogen (secondary N) is 2.